The predicted octanol–water partition coefficient (Wildman–Crippen LogP) is -0.741. The Balaban J connectivity index is 2.23. The normalized spacial score (nSPS) is 28.1. The number of ether oxygens (including phenoxy) is 1. The molecule has 2 aromatic rings. The molecule has 3 heterocycles. The molecule has 0 spiro atoms. The van der Waals surface area contributed by atoms with Crippen molar-refractivity contribution >= 4 is 32.8 Å². The Morgan fingerprint density at radius 3 is 2.73 bits per heavy atom. The van der Waals surface area contributed by atoms with Crippen LogP contribution in [0, 0.1) is 11.3 Å². The first-order chi connectivity index (χ1) is 10.5. The van der Waals surface area contributed by atoms with E-state index >= 15 is 0 Å². The highest BCUT2D eigenvalue weighted by Gasteiger charge is 2.45. The quantitative estimate of drug-likeness (QED) is 0.540. The minimum absolute atomic E-state index is 0.118. The van der Waals surface area contributed by atoms with Crippen molar-refractivity contribution in [3.8, 4) is 6.07 Å². The van der Waals surface area contributed by atoms with Gasteiger partial charge in [0.2, 0.25) is 0 Å². The monoisotopic (exact) mass is 369 g/mol. The maximum absolute atomic E-state index is 10.2. The van der Waals surface area contributed by atoms with Crippen LogP contribution in [0.3, 0.4) is 0 Å². The number of nitriles is 1. The highest BCUT2D eigenvalue weighted by molar-refractivity contribution is 9.10. The lowest BCUT2D eigenvalue weighted by Crippen LogP contribution is -2.33. The number of aliphatic hydroxyl groups is 3. The van der Waals surface area contributed by atoms with Crippen molar-refractivity contribution in [3.05, 3.63) is 16.5 Å². The summed E-state index contributed by atoms with van der Waals surface area (Å²) in [6.07, 6.45) is -3.30. The van der Waals surface area contributed by atoms with E-state index in [2.05, 4.69) is 25.9 Å². The molecule has 5 N–H and O–H groups in total. The first kappa shape index (κ1) is 15.1. The molecule has 9 nitrogen and oxygen atoms in total. The van der Waals surface area contributed by atoms with Gasteiger partial charge in [0, 0.05) is 0 Å². The molecule has 0 amide bonds. The largest absolute Gasteiger partial charge is 0.394 e. The van der Waals surface area contributed by atoms with E-state index in [0.29, 0.717) is 9.99 Å². The lowest BCUT2D eigenvalue weighted by molar-refractivity contribution is -0.0518. The fourth-order valence-electron chi connectivity index (χ4n) is 2.56. The fourth-order valence-corrected chi connectivity index (χ4v) is 3.21. The number of hydrogen-bond donors (Lipinski definition) is 4. The molecule has 0 radical (unpaired) electrons. The van der Waals surface area contributed by atoms with Gasteiger partial charge in [0.15, 0.2) is 6.23 Å². The molecule has 0 aromatic carbocycles. The van der Waals surface area contributed by atoms with Crippen LogP contribution in [0.5, 0.6) is 0 Å². The number of nitrogens with two attached hydrogens (primary N) is 1. The van der Waals surface area contributed by atoms with Gasteiger partial charge in [-0.3, -0.25) is 4.57 Å². The molecule has 1 fully saturated rings. The van der Waals surface area contributed by atoms with E-state index in [1.165, 1.54) is 10.9 Å². The summed E-state index contributed by atoms with van der Waals surface area (Å²) in [5, 5.41) is 38.9. The van der Waals surface area contributed by atoms with Crippen molar-refractivity contribution in [2.45, 2.75) is 24.5 Å². The van der Waals surface area contributed by atoms with Crippen molar-refractivity contribution in [1.29, 1.82) is 5.26 Å². The van der Waals surface area contributed by atoms with E-state index in [0.717, 1.165) is 0 Å². The maximum Gasteiger partial charge on any atom is 0.165 e. The van der Waals surface area contributed by atoms with Gasteiger partial charge in [-0.05, 0) is 15.9 Å². The standard InChI is InChI=1S/C12H12BrN5O4/c13-9-4(1-14)6-10(15)16-3-17-11(6)18(9)12-8(21)7(20)5(2-19)22-12/h3,5,7-8,12,19-21H,2H2,(H2,15,16,17)/t5-,7+,8+,12-/m0/s1. The summed E-state index contributed by atoms with van der Waals surface area (Å²) in [6.45, 7) is -0.451. The second-order valence-corrected chi connectivity index (χ2v) is 5.59. The summed E-state index contributed by atoms with van der Waals surface area (Å²) in [5.74, 6) is 0.118. The van der Waals surface area contributed by atoms with Crippen LogP contribution in [0.1, 0.15) is 11.8 Å². The van der Waals surface area contributed by atoms with Gasteiger partial charge < -0.3 is 25.8 Å². The lowest BCUT2D eigenvalue weighted by Gasteiger charge is -2.18. The van der Waals surface area contributed by atoms with Gasteiger partial charge in [-0.25, -0.2) is 9.97 Å². The second-order valence-electron chi connectivity index (χ2n) is 4.83. The van der Waals surface area contributed by atoms with Crippen LogP contribution in [0.2, 0.25) is 0 Å². The number of nitrogen functional groups attached to an aromatic ring is 1. The average Bonchev–Trinajstić information content (AvgIpc) is 2.95. The van der Waals surface area contributed by atoms with Crippen molar-refractivity contribution < 1.29 is 20.1 Å². The van der Waals surface area contributed by atoms with Gasteiger partial charge in [0.25, 0.3) is 0 Å². The molecule has 2 aromatic heterocycles. The highest BCUT2D eigenvalue weighted by atomic mass is 79.9. The first-order valence-corrected chi connectivity index (χ1v) is 7.13. The number of fused-ring (bicyclic) bond motifs is 1. The molecule has 116 valence electrons. The number of anilines is 1. The number of nitrogens with zero attached hydrogens (tertiary/aromatic N) is 4. The molecule has 3 rings (SSSR count). The van der Waals surface area contributed by atoms with Crippen LogP contribution in [-0.2, 0) is 4.74 Å². The topological polar surface area (TPSA) is 150 Å². The Labute approximate surface area is 132 Å². The average molecular weight is 370 g/mol. The zero-order valence-electron chi connectivity index (χ0n) is 11.1. The molecule has 10 heteroatoms. The van der Waals surface area contributed by atoms with E-state index in [1.807, 2.05) is 6.07 Å². The van der Waals surface area contributed by atoms with Gasteiger partial charge in [0.05, 0.1) is 17.6 Å². The Morgan fingerprint density at radius 1 is 1.41 bits per heavy atom. The van der Waals surface area contributed by atoms with Crippen molar-refractivity contribution in [2.75, 3.05) is 12.3 Å². The van der Waals surface area contributed by atoms with E-state index in [4.69, 9.17) is 10.5 Å². The van der Waals surface area contributed by atoms with Crippen LogP contribution in [-0.4, -0.2) is 54.8 Å². The molecule has 0 unspecified atom stereocenters. The van der Waals surface area contributed by atoms with Gasteiger partial charge in [0.1, 0.15) is 46.8 Å². The molecule has 0 bridgehead atoms. The molecule has 0 saturated carbocycles. The minimum Gasteiger partial charge on any atom is -0.394 e. The van der Waals surface area contributed by atoms with Gasteiger partial charge in [-0.2, -0.15) is 5.26 Å². The second kappa shape index (κ2) is 5.45. The molecule has 1 aliphatic rings. The molecule has 22 heavy (non-hydrogen) atoms. The zero-order valence-corrected chi connectivity index (χ0v) is 12.7. The minimum atomic E-state index is -1.30. The van der Waals surface area contributed by atoms with Gasteiger partial charge >= 0.3 is 0 Å². The summed E-state index contributed by atoms with van der Waals surface area (Å²) in [7, 11) is 0. The number of rotatable bonds is 2. The Bertz CT molecular complexity index is 773. The van der Waals surface area contributed by atoms with Crippen molar-refractivity contribution in [1.82, 2.24) is 14.5 Å². The number of halogens is 1. The summed E-state index contributed by atoms with van der Waals surface area (Å²) in [4.78, 5) is 7.93. The molecular weight excluding hydrogens is 358 g/mol. The van der Waals surface area contributed by atoms with E-state index in [-0.39, 0.29) is 17.0 Å². The highest BCUT2D eigenvalue weighted by Crippen LogP contribution is 2.39. The van der Waals surface area contributed by atoms with Crippen LogP contribution in [0.25, 0.3) is 11.0 Å². The molecule has 1 saturated heterocycles. The summed E-state index contributed by atoms with van der Waals surface area (Å²) >= 11 is 3.27. The predicted molar refractivity (Wildman–Crippen MR) is 77.4 cm³/mol. The summed E-state index contributed by atoms with van der Waals surface area (Å²) in [6, 6.07) is 2.00. The smallest absolute Gasteiger partial charge is 0.165 e. The Kier molecular flexibility index (Phi) is 3.75. The third-order valence-electron chi connectivity index (χ3n) is 3.64. The zero-order chi connectivity index (χ0) is 16.0. The number of hydrogen-bond acceptors (Lipinski definition) is 8. The third kappa shape index (κ3) is 1.98. The first-order valence-electron chi connectivity index (χ1n) is 6.33. The molecule has 1 aliphatic heterocycles. The molecule has 4 atom stereocenters. The van der Waals surface area contributed by atoms with Gasteiger partial charge in [-0.15, -0.1) is 0 Å². The van der Waals surface area contributed by atoms with Crippen LogP contribution in [0.4, 0.5) is 5.82 Å². The third-order valence-corrected chi connectivity index (χ3v) is 4.41. The number of aromatic nitrogens is 3. The molecular formula is C12H12BrN5O4. The summed E-state index contributed by atoms with van der Waals surface area (Å²) in [5.41, 5.74) is 6.28. The maximum atomic E-state index is 10.2. The molecule has 0 aliphatic carbocycles. The van der Waals surface area contributed by atoms with Gasteiger partial charge in [-0.1, -0.05) is 0 Å². The van der Waals surface area contributed by atoms with E-state index in [1.54, 1.807) is 0 Å². The van der Waals surface area contributed by atoms with Crippen molar-refractivity contribution in [3.63, 3.8) is 0 Å². The SMILES string of the molecule is N#Cc1c(Br)n([C@H]2O[C@@H](CO)[C@@H](O)[C@H]2O)c2ncnc(N)c12. The van der Waals surface area contributed by atoms with Crippen LogP contribution in [0.15, 0.2) is 10.9 Å². The van der Waals surface area contributed by atoms with Crippen molar-refractivity contribution in [2.24, 2.45) is 0 Å². The van der Waals surface area contributed by atoms with E-state index in [9.17, 15) is 20.6 Å². The van der Waals surface area contributed by atoms with Crippen LogP contribution < -0.4 is 5.73 Å². The number of aliphatic hydroxyl groups excluding tert-OH is 3. The Morgan fingerprint density at radius 2 is 2.14 bits per heavy atom. The fraction of sp³-hybridized carbons (Fsp3) is 0.417. The Hall–Kier alpha value is -1.77. The van der Waals surface area contributed by atoms with Crippen LogP contribution >= 0.6 is 15.9 Å². The summed E-state index contributed by atoms with van der Waals surface area (Å²) < 4.78 is 7.19. The lowest BCUT2D eigenvalue weighted by atomic mass is 10.1. The van der Waals surface area contributed by atoms with E-state index < -0.39 is 31.1 Å².